The molecule has 2 N–H and O–H groups in total. The number of rotatable bonds is 36. The Morgan fingerprint density at radius 1 is 0.435 bits per heavy atom. The highest BCUT2D eigenvalue weighted by Crippen LogP contribution is 2.16. The smallest absolute Gasteiger partial charge is 0.305 e. The summed E-state index contributed by atoms with van der Waals surface area (Å²) in [4.78, 5) is 24.1. The summed E-state index contributed by atoms with van der Waals surface area (Å²) in [6.45, 7) is 7.00. The van der Waals surface area contributed by atoms with Gasteiger partial charge in [0.15, 0.2) is 0 Å². The molecule has 0 aromatic rings. The van der Waals surface area contributed by atoms with E-state index in [1.54, 1.807) is 0 Å². The molecule has 2 unspecified atom stereocenters. The molecule has 0 aromatic carbocycles. The Bertz CT molecular complexity index is 600. The lowest BCUT2D eigenvalue weighted by Crippen LogP contribution is -2.18. The van der Waals surface area contributed by atoms with Gasteiger partial charge in [-0.3, -0.25) is 9.59 Å². The van der Waals surface area contributed by atoms with E-state index in [1.165, 1.54) is 64.2 Å². The molecule has 0 heterocycles. The molecular formula is C40H78O6. The molecule has 6 heteroatoms. The van der Waals surface area contributed by atoms with Crippen LogP contribution in [0.1, 0.15) is 213 Å². The normalized spacial score (nSPS) is 13.4. The fourth-order valence-electron chi connectivity index (χ4n) is 5.98. The highest BCUT2D eigenvalue weighted by atomic mass is 16.5. The van der Waals surface area contributed by atoms with E-state index in [1.807, 2.05) is 6.92 Å². The molecule has 0 aliphatic heterocycles. The number of esters is 2. The molecule has 46 heavy (non-hydrogen) atoms. The number of hydrogen-bond donors (Lipinski definition) is 2. The Morgan fingerprint density at radius 3 is 1.00 bits per heavy atom. The lowest BCUT2D eigenvalue weighted by molar-refractivity contribution is -0.148. The molecule has 0 amide bonds. The summed E-state index contributed by atoms with van der Waals surface area (Å²) in [6, 6.07) is 0. The van der Waals surface area contributed by atoms with Crippen LogP contribution >= 0.6 is 0 Å². The fourth-order valence-corrected chi connectivity index (χ4v) is 5.98. The van der Waals surface area contributed by atoms with Crippen molar-refractivity contribution >= 4 is 11.9 Å². The van der Waals surface area contributed by atoms with E-state index in [4.69, 9.17) is 9.47 Å². The van der Waals surface area contributed by atoms with Gasteiger partial charge >= 0.3 is 11.9 Å². The molecule has 274 valence electrons. The largest absolute Gasteiger partial charge is 0.465 e. The average Bonchev–Trinajstić information content (AvgIpc) is 3.04. The molecule has 2 atom stereocenters. The number of hydrogen-bond acceptors (Lipinski definition) is 6. The molecular weight excluding hydrogens is 576 g/mol. The maximum atomic E-state index is 12.1. The predicted molar refractivity (Wildman–Crippen MR) is 193 cm³/mol. The van der Waals surface area contributed by atoms with Gasteiger partial charge in [-0.2, -0.15) is 0 Å². The molecule has 0 fully saturated rings. The molecule has 0 spiro atoms. The van der Waals surface area contributed by atoms with Crippen molar-refractivity contribution in [3.05, 3.63) is 0 Å². The van der Waals surface area contributed by atoms with Gasteiger partial charge in [0.1, 0.15) is 0 Å². The van der Waals surface area contributed by atoms with Crippen molar-refractivity contribution in [3.63, 3.8) is 0 Å². The molecule has 0 aromatic heterocycles. The second-order valence-electron chi connectivity index (χ2n) is 14.2. The first-order valence-electron chi connectivity index (χ1n) is 20.1. The molecule has 6 nitrogen and oxygen atoms in total. The van der Waals surface area contributed by atoms with Gasteiger partial charge in [0.25, 0.3) is 0 Å². The fraction of sp³-hybridized carbons (Fsp3) is 0.950. The number of unbranched alkanes of at least 4 members (excludes halogenated alkanes) is 20. The topological polar surface area (TPSA) is 93.1 Å². The highest BCUT2D eigenvalue weighted by molar-refractivity contribution is 5.69. The Labute approximate surface area is 285 Å². The van der Waals surface area contributed by atoms with E-state index in [0.29, 0.717) is 26.1 Å². The summed E-state index contributed by atoms with van der Waals surface area (Å²) in [6.07, 6.45) is 32.5. The summed E-state index contributed by atoms with van der Waals surface area (Å²) in [5, 5.41) is 20.3. The van der Waals surface area contributed by atoms with E-state index >= 15 is 0 Å². The van der Waals surface area contributed by atoms with Crippen molar-refractivity contribution < 1.29 is 29.3 Å². The summed E-state index contributed by atoms with van der Waals surface area (Å²) in [5.41, 5.74) is 0. The minimum absolute atomic E-state index is 0.000664. The first-order chi connectivity index (χ1) is 22.4. The molecule has 0 saturated carbocycles. The van der Waals surface area contributed by atoms with Crippen molar-refractivity contribution in [2.45, 2.75) is 226 Å². The van der Waals surface area contributed by atoms with Crippen LogP contribution in [0.15, 0.2) is 0 Å². The number of carbonyl (C=O) groups excluding carboxylic acids is 2. The Kier molecular flexibility index (Phi) is 34.3. The quantitative estimate of drug-likeness (QED) is 0.0516. The summed E-state index contributed by atoms with van der Waals surface area (Å²) >= 11 is 0. The Balaban J connectivity index is 3.49. The van der Waals surface area contributed by atoms with E-state index in [2.05, 4.69) is 13.8 Å². The summed E-state index contributed by atoms with van der Waals surface area (Å²) in [5.74, 6) is -0.327. The van der Waals surface area contributed by atoms with Crippen LogP contribution < -0.4 is 0 Å². The number of ether oxygens (including phenoxy) is 2. The Morgan fingerprint density at radius 2 is 0.696 bits per heavy atom. The SMILES string of the molecule is CCCCCCCCC(O)CCCCCCCCC(=O)OCC(C)COC(=O)CCCCCCCCC(O)CCCCCCCC. The monoisotopic (exact) mass is 655 g/mol. The van der Waals surface area contributed by atoms with E-state index in [0.717, 1.165) is 116 Å². The van der Waals surface area contributed by atoms with Crippen LogP contribution in [0.2, 0.25) is 0 Å². The van der Waals surface area contributed by atoms with Crippen LogP contribution in [0.5, 0.6) is 0 Å². The predicted octanol–water partition coefficient (Wildman–Crippen LogP) is 11.2. The second-order valence-corrected chi connectivity index (χ2v) is 14.2. The summed E-state index contributed by atoms with van der Waals surface area (Å²) in [7, 11) is 0. The van der Waals surface area contributed by atoms with Crippen molar-refractivity contribution in [3.8, 4) is 0 Å². The zero-order valence-corrected chi connectivity index (χ0v) is 30.9. The van der Waals surface area contributed by atoms with Crippen LogP contribution in [0, 0.1) is 5.92 Å². The molecule has 0 aliphatic carbocycles. The number of carbonyl (C=O) groups is 2. The van der Waals surface area contributed by atoms with Gasteiger partial charge in [-0.15, -0.1) is 0 Å². The molecule has 0 bridgehead atoms. The second kappa shape index (κ2) is 35.2. The van der Waals surface area contributed by atoms with Gasteiger partial charge in [0.05, 0.1) is 25.4 Å². The minimum atomic E-state index is -0.164. The number of aliphatic hydroxyl groups excluding tert-OH is 2. The van der Waals surface area contributed by atoms with Gasteiger partial charge in [-0.25, -0.2) is 0 Å². The third kappa shape index (κ3) is 34.2. The maximum Gasteiger partial charge on any atom is 0.305 e. The first kappa shape index (κ1) is 44.9. The van der Waals surface area contributed by atoms with Crippen molar-refractivity contribution in [2.75, 3.05) is 13.2 Å². The third-order valence-corrected chi connectivity index (χ3v) is 9.18. The zero-order chi connectivity index (χ0) is 33.9. The van der Waals surface area contributed by atoms with Crippen molar-refractivity contribution in [1.82, 2.24) is 0 Å². The van der Waals surface area contributed by atoms with E-state index < -0.39 is 0 Å². The highest BCUT2D eigenvalue weighted by Gasteiger charge is 2.11. The van der Waals surface area contributed by atoms with Crippen LogP contribution in [-0.2, 0) is 19.1 Å². The molecule has 0 saturated heterocycles. The molecule has 0 aliphatic rings. The van der Waals surface area contributed by atoms with E-state index in [9.17, 15) is 19.8 Å². The molecule has 0 radical (unpaired) electrons. The standard InChI is InChI=1S/C40H78O6/c1-4-6-8-10-16-22-28-37(41)30-24-18-12-14-20-26-32-39(43)45-34-36(3)35-46-40(44)33-27-21-15-13-19-25-31-38(42)29-23-17-11-9-7-5-2/h36-38,41-42H,4-35H2,1-3H3. The number of aliphatic hydroxyl groups is 2. The van der Waals surface area contributed by atoms with Gasteiger partial charge < -0.3 is 19.7 Å². The molecule has 0 rings (SSSR count). The van der Waals surface area contributed by atoms with Crippen LogP contribution in [0.3, 0.4) is 0 Å². The van der Waals surface area contributed by atoms with Crippen molar-refractivity contribution in [2.24, 2.45) is 5.92 Å². The van der Waals surface area contributed by atoms with Crippen LogP contribution in [-0.4, -0.2) is 47.6 Å². The Hall–Kier alpha value is -1.14. The van der Waals surface area contributed by atoms with E-state index in [-0.39, 0.29) is 30.1 Å². The summed E-state index contributed by atoms with van der Waals surface area (Å²) < 4.78 is 10.8. The third-order valence-electron chi connectivity index (χ3n) is 9.18. The zero-order valence-electron chi connectivity index (χ0n) is 30.9. The van der Waals surface area contributed by atoms with Gasteiger partial charge in [-0.05, 0) is 38.5 Å². The first-order valence-corrected chi connectivity index (χ1v) is 20.1. The minimum Gasteiger partial charge on any atom is -0.465 e. The van der Waals surface area contributed by atoms with Gasteiger partial charge in [0.2, 0.25) is 0 Å². The lowest BCUT2D eigenvalue weighted by Gasteiger charge is -2.13. The average molecular weight is 655 g/mol. The lowest BCUT2D eigenvalue weighted by atomic mass is 10.0. The van der Waals surface area contributed by atoms with Crippen LogP contribution in [0.4, 0.5) is 0 Å². The van der Waals surface area contributed by atoms with Gasteiger partial charge in [0, 0.05) is 18.8 Å². The van der Waals surface area contributed by atoms with Gasteiger partial charge in [-0.1, -0.05) is 162 Å². The van der Waals surface area contributed by atoms with Crippen LogP contribution in [0.25, 0.3) is 0 Å². The maximum absolute atomic E-state index is 12.1. The van der Waals surface area contributed by atoms with Crippen molar-refractivity contribution in [1.29, 1.82) is 0 Å².